The summed E-state index contributed by atoms with van der Waals surface area (Å²) in [4.78, 5) is 30.8. The van der Waals surface area contributed by atoms with Crippen LogP contribution in [0.2, 0.25) is 0 Å². The van der Waals surface area contributed by atoms with Crippen molar-refractivity contribution in [3.05, 3.63) is 18.0 Å². The SMILES string of the molecule is CCCCCC(CN(O)C=O)C(=O)NNc1nccc(C)n1. The lowest BCUT2D eigenvalue weighted by Crippen LogP contribution is -2.40. The third kappa shape index (κ3) is 6.49. The van der Waals surface area contributed by atoms with Crippen LogP contribution < -0.4 is 10.9 Å². The first kappa shape index (κ1) is 17.8. The summed E-state index contributed by atoms with van der Waals surface area (Å²) >= 11 is 0. The third-order valence-electron chi connectivity index (χ3n) is 3.15. The smallest absolute Gasteiger partial charge is 0.243 e. The Morgan fingerprint density at radius 3 is 2.91 bits per heavy atom. The molecule has 2 amide bonds. The molecule has 1 rings (SSSR count). The Balaban J connectivity index is 2.55. The number of unbranched alkanes of at least 4 members (excludes halogenated alkanes) is 2. The summed E-state index contributed by atoms with van der Waals surface area (Å²) in [6.07, 6.45) is 5.32. The Kier molecular flexibility index (Phi) is 7.84. The normalized spacial score (nSPS) is 11.6. The zero-order valence-corrected chi connectivity index (χ0v) is 13.0. The molecule has 0 saturated heterocycles. The largest absolute Gasteiger partial charge is 0.286 e. The fraction of sp³-hybridized carbons (Fsp3) is 0.571. The van der Waals surface area contributed by atoms with Gasteiger partial charge in [-0.15, -0.1) is 0 Å². The van der Waals surface area contributed by atoms with Crippen LogP contribution in [0.25, 0.3) is 0 Å². The van der Waals surface area contributed by atoms with Crippen molar-refractivity contribution < 1.29 is 14.8 Å². The highest BCUT2D eigenvalue weighted by Gasteiger charge is 2.20. The summed E-state index contributed by atoms with van der Waals surface area (Å²) in [7, 11) is 0. The summed E-state index contributed by atoms with van der Waals surface area (Å²) in [5.74, 6) is -0.530. The van der Waals surface area contributed by atoms with E-state index < -0.39 is 5.92 Å². The molecule has 1 heterocycles. The Hall–Kier alpha value is -2.22. The summed E-state index contributed by atoms with van der Waals surface area (Å²) in [6.45, 7) is 3.83. The molecule has 0 bridgehead atoms. The van der Waals surface area contributed by atoms with E-state index in [2.05, 4.69) is 27.7 Å². The highest BCUT2D eigenvalue weighted by molar-refractivity contribution is 5.80. The van der Waals surface area contributed by atoms with Crippen LogP contribution in [0, 0.1) is 12.8 Å². The number of aromatic nitrogens is 2. The summed E-state index contributed by atoms with van der Waals surface area (Å²) in [5.41, 5.74) is 5.92. The van der Waals surface area contributed by atoms with E-state index in [-0.39, 0.29) is 24.8 Å². The van der Waals surface area contributed by atoms with Gasteiger partial charge in [-0.05, 0) is 19.4 Å². The molecule has 0 aliphatic rings. The Morgan fingerprint density at radius 2 is 2.27 bits per heavy atom. The summed E-state index contributed by atoms with van der Waals surface area (Å²) in [6, 6.07) is 1.74. The second-order valence-electron chi connectivity index (χ2n) is 5.06. The van der Waals surface area contributed by atoms with Gasteiger partial charge >= 0.3 is 0 Å². The molecule has 0 aliphatic heterocycles. The van der Waals surface area contributed by atoms with Gasteiger partial charge in [-0.2, -0.15) is 0 Å². The molecule has 3 N–H and O–H groups in total. The van der Waals surface area contributed by atoms with Gasteiger partial charge in [0.1, 0.15) is 0 Å². The van der Waals surface area contributed by atoms with Gasteiger partial charge in [0.25, 0.3) is 0 Å². The minimum absolute atomic E-state index is 0.0462. The monoisotopic (exact) mass is 309 g/mol. The van der Waals surface area contributed by atoms with Gasteiger partial charge in [0.15, 0.2) is 0 Å². The van der Waals surface area contributed by atoms with E-state index in [1.807, 2.05) is 6.92 Å². The highest BCUT2D eigenvalue weighted by atomic mass is 16.5. The molecule has 0 aromatic carbocycles. The number of anilines is 1. The number of carbonyl (C=O) groups excluding carboxylic acids is 2. The van der Waals surface area contributed by atoms with E-state index in [0.717, 1.165) is 25.0 Å². The highest BCUT2D eigenvalue weighted by Crippen LogP contribution is 2.11. The first-order valence-electron chi connectivity index (χ1n) is 7.33. The topological polar surface area (TPSA) is 107 Å². The molecule has 0 fully saturated rings. The first-order valence-corrected chi connectivity index (χ1v) is 7.33. The van der Waals surface area contributed by atoms with E-state index in [4.69, 9.17) is 0 Å². The van der Waals surface area contributed by atoms with Crippen molar-refractivity contribution in [1.29, 1.82) is 0 Å². The molecule has 1 aromatic heterocycles. The molecular weight excluding hydrogens is 286 g/mol. The average molecular weight is 309 g/mol. The number of nitrogens with zero attached hydrogens (tertiary/aromatic N) is 3. The Morgan fingerprint density at radius 1 is 1.50 bits per heavy atom. The average Bonchev–Trinajstić information content (AvgIpc) is 2.51. The molecule has 0 spiro atoms. The number of hydroxylamine groups is 2. The number of aryl methyl sites for hydroxylation is 1. The molecule has 1 unspecified atom stereocenters. The molecule has 1 atom stereocenters. The molecule has 8 heteroatoms. The molecular formula is C14H23N5O3. The fourth-order valence-corrected chi connectivity index (χ4v) is 1.94. The Labute approximate surface area is 129 Å². The lowest BCUT2D eigenvalue weighted by molar-refractivity contribution is -0.154. The van der Waals surface area contributed by atoms with Crippen molar-refractivity contribution >= 4 is 18.3 Å². The van der Waals surface area contributed by atoms with Crippen molar-refractivity contribution in [2.75, 3.05) is 12.0 Å². The van der Waals surface area contributed by atoms with Crippen LogP contribution in [0.5, 0.6) is 0 Å². The van der Waals surface area contributed by atoms with E-state index in [0.29, 0.717) is 11.5 Å². The predicted molar refractivity (Wildman–Crippen MR) is 80.7 cm³/mol. The van der Waals surface area contributed by atoms with E-state index in [9.17, 15) is 14.8 Å². The van der Waals surface area contributed by atoms with Gasteiger partial charge in [-0.1, -0.05) is 26.2 Å². The van der Waals surface area contributed by atoms with Crippen LogP contribution in [0.3, 0.4) is 0 Å². The predicted octanol–water partition coefficient (Wildman–Crippen LogP) is 1.27. The second kappa shape index (κ2) is 9.67. The van der Waals surface area contributed by atoms with Crippen LogP contribution in [-0.2, 0) is 9.59 Å². The lowest BCUT2D eigenvalue weighted by Gasteiger charge is -2.19. The summed E-state index contributed by atoms with van der Waals surface area (Å²) in [5, 5.41) is 9.78. The standard InChI is InChI=1S/C14H23N5O3/c1-3-4-5-6-12(9-19(22)10-20)13(21)17-18-14-15-8-7-11(2)16-14/h7-8,10,12,22H,3-6,9H2,1-2H3,(H,17,21)(H,15,16,18). The fourth-order valence-electron chi connectivity index (χ4n) is 1.94. The van der Waals surface area contributed by atoms with Gasteiger partial charge in [0.05, 0.1) is 12.5 Å². The van der Waals surface area contributed by atoms with Crippen molar-refractivity contribution in [1.82, 2.24) is 20.5 Å². The van der Waals surface area contributed by atoms with Crippen molar-refractivity contribution in [3.8, 4) is 0 Å². The molecule has 0 radical (unpaired) electrons. The van der Waals surface area contributed by atoms with Crippen LogP contribution in [0.1, 0.15) is 38.3 Å². The number of hydrazine groups is 1. The Bertz CT molecular complexity index is 483. The summed E-state index contributed by atoms with van der Waals surface area (Å²) < 4.78 is 0. The van der Waals surface area contributed by atoms with Gasteiger partial charge < -0.3 is 0 Å². The minimum Gasteiger partial charge on any atom is -0.286 e. The number of rotatable bonds is 10. The third-order valence-corrected chi connectivity index (χ3v) is 3.15. The van der Waals surface area contributed by atoms with E-state index in [1.54, 1.807) is 12.3 Å². The quantitative estimate of drug-likeness (QED) is 0.260. The second-order valence-corrected chi connectivity index (χ2v) is 5.06. The van der Waals surface area contributed by atoms with Gasteiger partial charge in [-0.3, -0.25) is 25.6 Å². The molecule has 1 aromatic rings. The number of nitrogens with one attached hydrogen (secondary N) is 2. The van der Waals surface area contributed by atoms with Crippen molar-refractivity contribution in [3.63, 3.8) is 0 Å². The van der Waals surface area contributed by atoms with E-state index >= 15 is 0 Å². The number of carbonyl (C=O) groups is 2. The van der Waals surface area contributed by atoms with Crippen LogP contribution in [0.15, 0.2) is 12.3 Å². The molecule has 8 nitrogen and oxygen atoms in total. The number of hydrogen-bond donors (Lipinski definition) is 3. The van der Waals surface area contributed by atoms with Crippen LogP contribution in [0.4, 0.5) is 5.95 Å². The van der Waals surface area contributed by atoms with Gasteiger partial charge in [0.2, 0.25) is 18.3 Å². The van der Waals surface area contributed by atoms with Crippen LogP contribution >= 0.6 is 0 Å². The maximum absolute atomic E-state index is 12.2. The molecule has 122 valence electrons. The van der Waals surface area contributed by atoms with Crippen LogP contribution in [-0.4, -0.2) is 39.1 Å². The zero-order chi connectivity index (χ0) is 16.4. The molecule has 0 aliphatic carbocycles. The maximum atomic E-state index is 12.2. The lowest BCUT2D eigenvalue weighted by atomic mass is 10.0. The maximum Gasteiger partial charge on any atom is 0.243 e. The van der Waals surface area contributed by atoms with Crippen molar-refractivity contribution in [2.24, 2.45) is 5.92 Å². The van der Waals surface area contributed by atoms with Crippen molar-refractivity contribution in [2.45, 2.75) is 39.5 Å². The van der Waals surface area contributed by atoms with Gasteiger partial charge in [-0.25, -0.2) is 15.0 Å². The number of hydrogen-bond acceptors (Lipinski definition) is 6. The minimum atomic E-state index is -0.501. The van der Waals surface area contributed by atoms with E-state index in [1.165, 1.54) is 0 Å². The van der Waals surface area contributed by atoms with Gasteiger partial charge in [0, 0.05) is 11.9 Å². The zero-order valence-electron chi connectivity index (χ0n) is 13.0. The first-order chi connectivity index (χ1) is 10.6. The number of amides is 2. The molecule has 0 saturated carbocycles. The molecule has 22 heavy (non-hydrogen) atoms.